The quantitative estimate of drug-likeness (QED) is 0.489. The van der Waals surface area contributed by atoms with Gasteiger partial charge in [-0.25, -0.2) is 4.79 Å². The molecule has 0 aliphatic carbocycles. The first-order valence-corrected chi connectivity index (χ1v) is 9.19. The first-order valence-electron chi connectivity index (χ1n) is 9.19. The van der Waals surface area contributed by atoms with Crippen LogP contribution in [0.4, 0.5) is 0 Å². The number of pyridine rings is 1. The summed E-state index contributed by atoms with van der Waals surface area (Å²) in [6.07, 6.45) is 0. The second-order valence-corrected chi connectivity index (χ2v) is 7.48. The molecule has 0 atom stereocenters. The van der Waals surface area contributed by atoms with Crippen LogP contribution in [0.3, 0.4) is 0 Å². The number of aromatic nitrogens is 2. The van der Waals surface area contributed by atoms with Crippen molar-refractivity contribution in [3.05, 3.63) is 51.4 Å². The number of H-pyrrole nitrogens is 1. The Morgan fingerprint density at radius 1 is 1.28 bits per heavy atom. The minimum Gasteiger partial charge on any atom is -0.506 e. The summed E-state index contributed by atoms with van der Waals surface area (Å²) in [4.78, 5) is 25.9. The minimum atomic E-state index is -1.45. The van der Waals surface area contributed by atoms with Gasteiger partial charge in [0.2, 0.25) is 0 Å². The third kappa shape index (κ3) is 4.31. The summed E-state index contributed by atoms with van der Waals surface area (Å²) in [5.41, 5.74) is 2.18. The van der Waals surface area contributed by atoms with Crippen LogP contribution in [-0.4, -0.2) is 32.3 Å². The van der Waals surface area contributed by atoms with Crippen LogP contribution in [0.25, 0.3) is 22.2 Å². The zero-order valence-corrected chi connectivity index (χ0v) is 17.7. The van der Waals surface area contributed by atoms with Crippen molar-refractivity contribution in [2.75, 3.05) is 6.54 Å². The molecule has 3 aromatic rings. The molecule has 0 saturated carbocycles. The molecule has 0 aliphatic rings. The van der Waals surface area contributed by atoms with E-state index in [1.165, 1.54) is 0 Å². The Bertz CT molecular complexity index is 1120. The van der Waals surface area contributed by atoms with Gasteiger partial charge in [0.15, 0.2) is 5.56 Å². The van der Waals surface area contributed by atoms with E-state index < -0.39 is 22.8 Å². The first-order chi connectivity index (χ1) is 13.2. The van der Waals surface area contributed by atoms with E-state index in [1.54, 1.807) is 6.92 Å². The van der Waals surface area contributed by atoms with Gasteiger partial charge in [-0.1, -0.05) is 19.9 Å². The van der Waals surface area contributed by atoms with E-state index in [2.05, 4.69) is 34.8 Å². The van der Waals surface area contributed by atoms with Gasteiger partial charge in [0.05, 0.1) is 5.69 Å². The zero-order valence-electron chi connectivity index (χ0n) is 16.9. The number of rotatable bonds is 6. The molecule has 2 heterocycles. The van der Waals surface area contributed by atoms with Crippen LogP contribution in [0, 0.1) is 12.8 Å². The fraction of sp³-hybridized carbons (Fsp3) is 0.333. The highest BCUT2D eigenvalue weighted by Gasteiger charge is 2.20. The lowest BCUT2D eigenvalue weighted by Gasteiger charge is -2.10. The Morgan fingerprint density at radius 3 is 2.59 bits per heavy atom. The van der Waals surface area contributed by atoms with Crippen molar-refractivity contribution in [3.63, 3.8) is 0 Å². The van der Waals surface area contributed by atoms with E-state index in [4.69, 9.17) is 5.11 Å². The predicted octanol–water partition coefficient (Wildman–Crippen LogP) is 3.41. The van der Waals surface area contributed by atoms with E-state index in [0.29, 0.717) is 22.7 Å². The highest BCUT2D eigenvalue weighted by Crippen LogP contribution is 2.31. The van der Waals surface area contributed by atoms with Crippen LogP contribution >= 0.6 is 12.4 Å². The fourth-order valence-electron chi connectivity index (χ4n) is 3.39. The number of aromatic amines is 1. The van der Waals surface area contributed by atoms with Crippen molar-refractivity contribution in [3.8, 4) is 17.0 Å². The number of nitrogens with one attached hydrogen (secondary N) is 2. The van der Waals surface area contributed by atoms with Crippen molar-refractivity contribution >= 4 is 29.3 Å². The molecule has 0 aliphatic heterocycles. The molecule has 0 fully saturated rings. The third-order valence-electron chi connectivity index (χ3n) is 4.94. The molecule has 0 saturated heterocycles. The lowest BCUT2D eigenvalue weighted by Crippen LogP contribution is -2.20. The molecule has 0 radical (unpaired) electrons. The first kappa shape index (κ1) is 22.5. The average Bonchev–Trinajstić information content (AvgIpc) is 2.93. The second kappa shape index (κ2) is 8.71. The smallest absolute Gasteiger partial charge is 0.345 e. The number of hydrogen-bond donors (Lipinski definition) is 4. The largest absolute Gasteiger partial charge is 0.506 e. The molecular weight excluding hydrogens is 394 g/mol. The third-order valence-corrected chi connectivity index (χ3v) is 4.94. The van der Waals surface area contributed by atoms with Crippen molar-refractivity contribution < 1.29 is 15.0 Å². The summed E-state index contributed by atoms with van der Waals surface area (Å²) in [6, 6.07) is 7.83. The zero-order chi connectivity index (χ0) is 20.6. The summed E-state index contributed by atoms with van der Waals surface area (Å²) in [6.45, 7) is 7.60. The molecule has 0 bridgehead atoms. The molecule has 4 N–H and O–H groups in total. The summed E-state index contributed by atoms with van der Waals surface area (Å²) in [5.74, 6) is -1.38. The van der Waals surface area contributed by atoms with Crippen molar-refractivity contribution in [1.29, 1.82) is 0 Å². The number of carboxylic acids is 1. The Balaban J connectivity index is 0.00000300. The molecule has 1 aromatic carbocycles. The number of halogens is 1. The van der Waals surface area contributed by atoms with E-state index in [-0.39, 0.29) is 12.4 Å². The topological polar surface area (TPSA) is 107 Å². The van der Waals surface area contributed by atoms with E-state index >= 15 is 0 Å². The molecule has 0 spiro atoms. The van der Waals surface area contributed by atoms with E-state index in [0.717, 1.165) is 29.7 Å². The molecule has 0 amide bonds. The Hall–Kier alpha value is -2.77. The Labute approximate surface area is 174 Å². The van der Waals surface area contributed by atoms with Crippen LogP contribution in [0.5, 0.6) is 5.75 Å². The number of benzene rings is 1. The number of aryl methyl sites for hydroxylation is 1. The molecule has 8 heteroatoms. The average molecular weight is 420 g/mol. The molecule has 156 valence electrons. The lowest BCUT2D eigenvalue weighted by molar-refractivity contribution is 0.0691. The van der Waals surface area contributed by atoms with Crippen molar-refractivity contribution in [1.82, 2.24) is 14.9 Å². The fourth-order valence-corrected chi connectivity index (χ4v) is 3.39. The van der Waals surface area contributed by atoms with Gasteiger partial charge in [-0.2, -0.15) is 0 Å². The van der Waals surface area contributed by atoms with Gasteiger partial charge in [0, 0.05) is 35.8 Å². The molecular formula is C21H26ClN3O4. The number of carboxylic acid groups (broad SMARTS) is 1. The van der Waals surface area contributed by atoms with Crippen LogP contribution < -0.4 is 10.9 Å². The summed E-state index contributed by atoms with van der Waals surface area (Å²) < 4.78 is 2.12. The van der Waals surface area contributed by atoms with Gasteiger partial charge < -0.3 is 25.1 Å². The Morgan fingerprint density at radius 2 is 1.97 bits per heavy atom. The van der Waals surface area contributed by atoms with Gasteiger partial charge in [-0.3, -0.25) is 4.79 Å². The second-order valence-electron chi connectivity index (χ2n) is 7.48. The standard InChI is InChI=1S/C21H25N3O4.ClH/c1-11(2)9-22-10-15-8-14-7-13(5-6-16(14)24(15)4)18-12(3)19(25)17(21(27)28)20(26)23-18;/h5-8,11,22H,9-10H2,1-4H3,(H,27,28)(H2,23,25,26);1H. The van der Waals surface area contributed by atoms with Crippen molar-refractivity contribution in [2.45, 2.75) is 27.3 Å². The van der Waals surface area contributed by atoms with Crippen LogP contribution in [0.2, 0.25) is 0 Å². The van der Waals surface area contributed by atoms with Crippen molar-refractivity contribution in [2.24, 2.45) is 13.0 Å². The summed E-state index contributed by atoms with van der Waals surface area (Å²) >= 11 is 0. The monoisotopic (exact) mass is 419 g/mol. The highest BCUT2D eigenvalue weighted by molar-refractivity contribution is 5.92. The number of nitrogens with zero attached hydrogens (tertiary/aromatic N) is 1. The van der Waals surface area contributed by atoms with E-state index in [9.17, 15) is 14.7 Å². The SMILES string of the molecule is Cc1c(-c2ccc3c(c2)cc(CNCC(C)C)n3C)[nH]c(=O)c(C(=O)O)c1O.Cl. The molecule has 0 unspecified atom stereocenters. The normalized spacial score (nSPS) is 11.1. The maximum Gasteiger partial charge on any atom is 0.345 e. The van der Waals surface area contributed by atoms with Crippen LogP contribution in [-0.2, 0) is 13.6 Å². The molecule has 29 heavy (non-hydrogen) atoms. The van der Waals surface area contributed by atoms with Gasteiger partial charge in [-0.15, -0.1) is 12.4 Å². The molecule has 2 aromatic heterocycles. The minimum absolute atomic E-state index is 0. The molecule has 7 nitrogen and oxygen atoms in total. The van der Waals surface area contributed by atoms with Gasteiger partial charge in [0.1, 0.15) is 5.75 Å². The number of fused-ring (bicyclic) bond motifs is 1. The number of hydrogen-bond acceptors (Lipinski definition) is 4. The van der Waals surface area contributed by atoms with Crippen LogP contribution in [0.15, 0.2) is 29.1 Å². The Kier molecular flexibility index (Phi) is 6.77. The summed E-state index contributed by atoms with van der Waals surface area (Å²) in [7, 11) is 2.01. The predicted molar refractivity (Wildman–Crippen MR) is 116 cm³/mol. The lowest BCUT2D eigenvalue weighted by atomic mass is 10.0. The highest BCUT2D eigenvalue weighted by atomic mass is 35.5. The van der Waals surface area contributed by atoms with Gasteiger partial charge in [-0.05, 0) is 43.1 Å². The summed E-state index contributed by atoms with van der Waals surface area (Å²) in [5, 5.41) is 23.7. The number of aromatic hydroxyl groups is 1. The van der Waals surface area contributed by atoms with Crippen LogP contribution in [0.1, 0.15) is 35.5 Å². The molecule has 3 rings (SSSR count). The maximum atomic E-state index is 12.1. The van der Waals surface area contributed by atoms with Gasteiger partial charge >= 0.3 is 5.97 Å². The number of carbonyl (C=O) groups is 1. The number of aromatic carboxylic acids is 1. The maximum absolute atomic E-state index is 12.1. The van der Waals surface area contributed by atoms with Gasteiger partial charge in [0.25, 0.3) is 5.56 Å². The van der Waals surface area contributed by atoms with E-state index in [1.807, 2.05) is 25.2 Å².